The molecule has 5 heteroatoms. The van der Waals surface area contributed by atoms with E-state index in [9.17, 15) is 9.59 Å². The highest BCUT2D eigenvalue weighted by atomic mass is 16.2. The van der Waals surface area contributed by atoms with E-state index in [1.54, 1.807) is 11.0 Å². The van der Waals surface area contributed by atoms with Crippen LogP contribution in [0.2, 0.25) is 0 Å². The molecule has 0 bridgehead atoms. The maximum atomic E-state index is 13.6. The fraction of sp³-hybridized carbons (Fsp3) is 0.348. The van der Waals surface area contributed by atoms with Gasteiger partial charge in [0, 0.05) is 24.2 Å². The van der Waals surface area contributed by atoms with Crippen molar-refractivity contribution in [1.82, 2.24) is 9.78 Å². The average Bonchev–Trinajstić information content (AvgIpc) is 2.74. The lowest BCUT2D eigenvalue weighted by Gasteiger charge is -2.23. The lowest BCUT2D eigenvalue weighted by molar-refractivity contribution is 0.0981. The number of carbonyl (C=O) groups excluding carboxylic acids is 1. The van der Waals surface area contributed by atoms with Crippen molar-refractivity contribution < 1.29 is 4.79 Å². The smallest absolute Gasteiger partial charge is 0.279 e. The molecule has 0 atom stereocenters. The Morgan fingerprint density at radius 1 is 0.929 bits per heavy atom. The number of fused-ring (bicyclic) bond motifs is 1. The molecule has 5 nitrogen and oxygen atoms in total. The lowest BCUT2D eigenvalue weighted by Crippen LogP contribution is -2.35. The molecule has 2 aromatic carbocycles. The molecule has 0 saturated heterocycles. The predicted octanol–water partition coefficient (Wildman–Crippen LogP) is 4.64. The first-order chi connectivity index (χ1) is 13.7. The second kappa shape index (κ2) is 9.31. The quantitative estimate of drug-likeness (QED) is 0.574. The fourth-order valence-electron chi connectivity index (χ4n) is 3.25. The van der Waals surface area contributed by atoms with Crippen LogP contribution in [0.25, 0.3) is 10.8 Å². The Labute approximate surface area is 165 Å². The van der Waals surface area contributed by atoms with Crippen LogP contribution in [0.3, 0.4) is 0 Å². The number of aryl methyl sites for hydroxylation is 1. The Bertz CT molecular complexity index is 996. The van der Waals surface area contributed by atoms with Gasteiger partial charge in [0.2, 0.25) is 0 Å². The molecule has 0 aliphatic heterocycles. The molecule has 1 aromatic heterocycles. The van der Waals surface area contributed by atoms with E-state index in [4.69, 9.17) is 0 Å². The molecule has 0 aliphatic carbocycles. The maximum Gasteiger partial charge on any atom is 0.279 e. The number of benzene rings is 2. The number of unbranched alkanes of at least 4 members (excludes halogenated alkanes) is 2. The van der Waals surface area contributed by atoms with Crippen molar-refractivity contribution in [2.45, 2.75) is 46.1 Å². The predicted molar refractivity (Wildman–Crippen MR) is 114 cm³/mol. The highest BCUT2D eigenvalue weighted by Crippen LogP contribution is 2.21. The Kier molecular flexibility index (Phi) is 6.58. The van der Waals surface area contributed by atoms with E-state index in [0.29, 0.717) is 29.6 Å². The minimum absolute atomic E-state index is 0.139. The van der Waals surface area contributed by atoms with Crippen LogP contribution in [0.5, 0.6) is 0 Å². The van der Waals surface area contributed by atoms with Crippen molar-refractivity contribution in [1.29, 1.82) is 0 Å². The van der Waals surface area contributed by atoms with E-state index in [2.05, 4.69) is 18.9 Å². The maximum absolute atomic E-state index is 13.6. The van der Waals surface area contributed by atoms with Crippen molar-refractivity contribution in [3.63, 3.8) is 0 Å². The highest BCUT2D eigenvalue weighted by molar-refractivity contribution is 6.12. The fourth-order valence-corrected chi connectivity index (χ4v) is 3.25. The molecule has 0 unspecified atom stereocenters. The molecule has 146 valence electrons. The molecular formula is C23H27N3O2. The number of rotatable bonds is 8. The summed E-state index contributed by atoms with van der Waals surface area (Å²) in [6, 6.07) is 16.9. The van der Waals surface area contributed by atoms with Gasteiger partial charge >= 0.3 is 0 Å². The Morgan fingerprint density at radius 3 is 2.25 bits per heavy atom. The van der Waals surface area contributed by atoms with Gasteiger partial charge in [-0.15, -0.1) is 0 Å². The molecule has 3 rings (SSSR count). The van der Waals surface area contributed by atoms with Gasteiger partial charge in [0.05, 0.1) is 5.39 Å². The molecule has 0 fully saturated rings. The number of hydrogen-bond donors (Lipinski definition) is 0. The topological polar surface area (TPSA) is 55.2 Å². The van der Waals surface area contributed by atoms with Crippen LogP contribution in [0, 0.1) is 0 Å². The van der Waals surface area contributed by atoms with E-state index in [1.165, 1.54) is 4.68 Å². The molecule has 0 N–H and O–H groups in total. The molecule has 1 heterocycles. The first-order valence-electron chi connectivity index (χ1n) is 10.0. The summed E-state index contributed by atoms with van der Waals surface area (Å²) in [5.74, 6) is -0.166. The van der Waals surface area contributed by atoms with Gasteiger partial charge in [0.25, 0.3) is 11.5 Å². The van der Waals surface area contributed by atoms with Gasteiger partial charge in [0.1, 0.15) is 0 Å². The van der Waals surface area contributed by atoms with E-state index in [-0.39, 0.29) is 11.5 Å². The van der Waals surface area contributed by atoms with Gasteiger partial charge in [-0.1, -0.05) is 63.1 Å². The van der Waals surface area contributed by atoms with Crippen molar-refractivity contribution in [2.75, 3.05) is 11.4 Å². The third-order valence-electron chi connectivity index (χ3n) is 4.84. The summed E-state index contributed by atoms with van der Waals surface area (Å²) in [6.45, 7) is 5.30. The number of carbonyl (C=O) groups is 1. The molecule has 0 aliphatic rings. The highest BCUT2D eigenvalue weighted by Gasteiger charge is 2.23. The van der Waals surface area contributed by atoms with Crippen LogP contribution in [0.15, 0.2) is 59.4 Å². The minimum Gasteiger partial charge on any atom is -0.307 e. The summed E-state index contributed by atoms with van der Waals surface area (Å²) in [5, 5.41) is 5.66. The van der Waals surface area contributed by atoms with Gasteiger partial charge in [0.15, 0.2) is 5.69 Å². The number of para-hydroxylation sites is 1. The zero-order valence-electron chi connectivity index (χ0n) is 16.6. The summed E-state index contributed by atoms with van der Waals surface area (Å²) in [7, 11) is 0. The molecule has 1 amide bonds. The summed E-state index contributed by atoms with van der Waals surface area (Å²) in [5.41, 5.74) is 1.05. The van der Waals surface area contributed by atoms with Crippen LogP contribution in [-0.4, -0.2) is 22.2 Å². The zero-order valence-corrected chi connectivity index (χ0v) is 16.6. The standard InChI is InChI=1S/C23H27N3O2/c1-3-5-16-25(18-12-8-7-9-13-18)23(28)21-19-14-10-11-15-20(19)22(27)26(24-21)17-6-4-2/h7-15H,3-6,16-17H2,1-2H3. The van der Waals surface area contributed by atoms with Crippen molar-refractivity contribution in [3.05, 3.63) is 70.6 Å². The molecule has 28 heavy (non-hydrogen) atoms. The summed E-state index contributed by atoms with van der Waals surface area (Å²) in [6.07, 6.45) is 3.68. The number of amides is 1. The first-order valence-corrected chi connectivity index (χ1v) is 10.0. The number of nitrogens with zero attached hydrogens (tertiary/aromatic N) is 3. The SMILES string of the molecule is CCCCN(C(=O)c1nn(CCCC)c(=O)c2ccccc12)c1ccccc1. The first kappa shape index (κ1) is 19.8. The number of aromatic nitrogens is 2. The van der Waals surface area contributed by atoms with E-state index >= 15 is 0 Å². The second-order valence-corrected chi connectivity index (χ2v) is 6.92. The monoisotopic (exact) mass is 377 g/mol. The molecule has 0 spiro atoms. The third kappa shape index (κ3) is 4.14. The van der Waals surface area contributed by atoms with E-state index in [0.717, 1.165) is 31.4 Å². The van der Waals surface area contributed by atoms with Crippen molar-refractivity contribution in [2.24, 2.45) is 0 Å². The lowest BCUT2D eigenvalue weighted by atomic mass is 10.1. The van der Waals surface area contributed by atoms with Crippen molar-refractivity contribution in [3.8, 4) is 0 Å². The van der Waals surface area contributed by atoms with Gasteiger partial charge in [-0.05, 0) is 31.0 Å². The average molecular weight is 377 g/mol. The minimum atomic E-state index is -0.166. The van der Waals surface area contributed by atoms with Crippen LogP contribution in [-0.2, 0) is 6.54 Å². The Balaban J connectivity index is 2.12. The molecule has 3 aromatic rings. The van der Waals surface area contributed by atoms with Gasteiger partial charge < -0.3 is 4.90 Å². The van der Waals surface area contributed by atoms with Gasteiger partial charge in [-0.2, -0.15) is 5.10 Å². The van der Waals surface area contributed by atoms with Crippen LogP contribution < -0.4 is 10.5 Å². The normalized spacial score (nSPS) is 10.9. The summed E-state index contributed by atoms with van der Waals surface area (Å²) < 4.78 is 1.45. The Hall–Kier alpha value is -2.95. The number of anilines is 1. The Morgan fingerprint density at radius 2 is 1.57 bits per heavy atom. The molecule has 0 radical (unpaired) electrons. The van der Waals surface area contributed by atoms with E-state index in [1.807, 2.05) is 48.5 Å². The van der Waals surface area contributed by atoms with Crippen LogP contribution >= 0.6 is 0 Å². The molecular weight excluding hydrogens is 350 g/mol. The summed E-state index contributed by atoms with van der Waals surface area (Å²) in [4.78, 5) is 28.1. The van der Waals surface area contributed by atoms with E-state index < -0.39 is 0 Å². The van der Waals surface area contributed by atoms with Crippen LogP contribution in [0.4, 0.5) is 5.69 Å². The number of hydrogen-bond acceptors (Lipinski definition) is 3. The van der Waals surface area contributed by atoms with Crippen molar-refractivity contribution >= 4 is 22.4 Å². The van der Waals surface area contributed by atoms with Crippen LogP contribution in [0.1, 0.15) is 50.0 Å². The summed E-state index contributed by atoms with van der Waals surface area (Å²) >= 11 is 0. The largest absolute Gasteiger partial charge is 0.307 e. The third-order valence-corrected chi connectivity index (χ3v) is 4.84. The van der Waals surface area contributed by atoms with Gasteiger partial charge in [-0.3, -0.25) is 9.59 Å². The zero-order chi connectivity index (χ0) is 19.9. The van der Waals surface area contributed by atoms with Gasteiger partial charge in [-0.25, -0.2) is 4.68 Å². The second-order valence-electron chi connectivity index (χ2n) is 6.92. The molecule has 0 saturated carbocycles.